The van der Waals surface area contributed by atoms with Crippen molar-refractivity contribution in [3.8, 4) is 0 Å². The number of nitrogen functional groups attached to an aromatic ring is 1. The Labute approximate surface area is 96.2 Å². The fraction of sp³-hybridized carbons (Fsp3) is 0.667. The highest BCUT2D eigenvalue weighted by Gasteiger charge is 2.42. The van der Waals surface area contributed by atoms with Crippen LogP contribution in [0.4, 0.5) is 5.82 Å². The Kier molecular flexibility index (Phi) is 2.84. The molecule has 16 heavy (non-hydrogen) atoms. The summed E-state index contributed by atoms with van der Waals surface area (Å²) in [6.45, 7) is 4.05. The third-order valence-electron chi connectivity index (χ3n) is 3.58. The molecule has 4 nitrogen and oxygen atoms in total. The smallest absolute Gasteiger partial charge is 0.162 e. The van der Waals surface area contributed by atoms with E-state index in [1.807, 2.05) is 6.92 Å². The average Bonchev–Trinajstić information content (AvgIpc) is 2.22. The molecule has 1 fully saturated rings. The van der Waals surface area contributed by atoms with Crippen molar-refractivity contribution in [1.82, 2.24) is 9.97 Å². The van der Waals surface area contributed by atoms with Crippen LogP contribution in [0.5, 0.6) is 0 Å². The number of nitrogens with zero attached hydrogens (tertiary/aromatic N) is 2. The third kappa shape index (κ3) is 1.57. The lowest BCUT2D eigenvalue weighted by atomic mass is 9.79. The lowest BCUT2D eigenvalue weighted by molar-refractivity contribution is -0.0847. The molecular weight excluding hydrogens is 202 g/mol. The highest BCUT2D eigenvalue weighted by atomic mass is 16.5. The molecular formula is C12H19N3O. The largest absolute Gasteiger partial charge is 0.383 e. The van der Waals surface area contributed by atoms with Gasteiger partial charge in [-0.05, 0) is 32.6 Å². The van der Waals surface area contributed by atoms with Gasteiger partial charge in [0.15, 0.2) is 5.82 Å². The number of hydrogen-bond acceptors (Lipinski definition) is 4. The van der Waals surface area contributed by atoms with E-state index in [0.717, 1.165) is 36.3 Å². The molecule has 1 aliphatic rings. The Bertz CT molecular complexity index is 394. The van der Waals surface area contributed by atoms with Gasteiger partial charge >= 0.3 is 0 Å². The Hall–Kier alpha value is -1.16. The first kappa shape index (κ1) is 11.3. The zero-order valence-corrected chi connectivity index (χ0v) is 10.2. The fourth-order valence-electron chi connectivity index (χ4n) is 2.15. The number of hydrogen-bond donors (Lipinski definition) is 1. The number of nitrogens with two attached hydrogens (primary N) is 1. The molecule has 0 unspecified atom stereocenters. The molecule has 0 radical (unpaired) electrons. The van der Waals surface area contributed by atoms with Crippen LogP contribution in [0, 0.1) is 6.92 Å². The molecule has 1 aromatic rings. The second-order valence-electron chi connectivity index (χ2n) is 4.41. The van der Waals surface area contributed by atoms with Gasteiger partial charge in [0.1, 0.15) is 11.4 Å². The van der Waals surface area contributed by atoms with E-state index in [1.54, 1.807) is 7.11 Å². The van der Waals surface area contributed by atoms with Crippen LogP contribution in [0.25, 0.3) is 0 Å². The number of rotatable bonds is 3. The molecule has 0 amide bonds. The zero-order chi connectivity index (χ0) is 11.8. The molecule has 1 heterocycles. The van der Waals surface area contributed by atoms with Gasteiger partial charge in [0.2, 0.25) is 0 Å². The molecule has 88 valence electrons. The van der Waals surface area contributed by atoms with Gasteiger partial charge in [-0.1, -0.05) is 6.92 Å². The third-order valence-corrected chi connectivity index (χ3v) is 3.58. The SMILES string of the molecule is CCc1nc(C2(OC)CCC2)nc(N)c1C. The summed E-state index contributed by atoms with van der Waals surface area (Å²) in [4.78, 5) is 8.99. The van der Waals surface area contributed by atoms with Crippen LogP contribution in [0.1, 0.15) is 43.3 Å². The minimum Gasteiger partial charge on any atom is -0.383 e. The van der Waals surface area contributed by atoms with Crippen molar-refractivity contribution < 1.29 is 4.74 Å². The molecule has 0 atom stereocenters. The summed E-state index contributed by atoms with van der Waals surface area (Å²) in [7, 11) is 1.73. The molecule has 2 rings (SSSR count). The van der Waals surface area contributed by atoms with Crippen LogP contribution in [0.15, 0.2) is 0 Å². The molecule has 2 N–H and O–H groups in total. The minimum absolute atomic E-state index is 0.272. The van der Waals surface area contributed by atoms with Gasteiger partial charge in [-0.25, -0.2) is 9.97 Å². The molecule has 1 saturated carbocycles. The van der Waals surface area contributed by atoms with Gasteiger partial charge in [-0.2, -0.15) is 0 Å². The summed E-state index contributed by atoms with van der Waals surface area (Å²) < 4.78 is 5.57. The fourth-order valence-corrected chi connectivity index (χ4v) is 2.15. The minimum atomic E-state index is -0.272. The van der Waals surface area contributed by atoms with Crippen LogP contribution in [-0.2, 0) is 16.8 Å². The van der Waals surface area contributed by atoms with Crippen molar-refractivity contribution in [2.75, 3.05) is 12.8 Å². The highest BCUT2D eigenvalue weighted by Crippen LogP contribution is 2.43. The predicted molar refractivity (Wildman–Crippen MR) is 63.1 cm³/mol. The number of methoxy groups -OCH3 is 1. The van der Waals surface area contributed by atoms with Crippen molar-refractivity contribution in [2.45, 2.75) is 45.1 Å². The van der Waals surface area contributed by atoms with Crippen LogP contribution in [0.2, 0.25) is 0 Å². The maximum Gasteiger partial charge on any atom is 0.162 e. The number of anilines is 1. The van der Waals surface area contributed by atoms with Gasteiger partial charge in [0, 0.05) is 18.4 Å². The maximum absolute atomic E-state index is 5.92. The van der Waals surface area contributed by atoms with Crippen molar-refractivity contribution in [1.29, 1.82) is 0 Å². The summed E-state index contributed by atoms with van der Waals surface area (Å²) in [5.74, 6) is 1.35. The van der Waals surface area contributed by atoms with Crippen LogP contribution in [-0.4, -0.2) is 17.1 Å². The standard InChI is InChI=1S/C12H19N3O/c1-4-9-8(2)10(13)15-11(14-9)12(16-3)6-5-7-12/h4-7H2,1-3H3,(H2,13,14,15). The molecule has 4 heteroatoms. The molecule has 0 aromatic carbocycles. The number of ether oxygens (including phenoxy) is 1. The Morgan fingerprint density at radius 2 is 2.06 bits per heavy atom. The van der Waals surface area contributed by atoms with Crippen LogP contribution < -0.4 is 5.73 Å². The van der Waals surface area contributed by atoms with E-state index >= 15 is 0 Å². The molecule has 0 aliphatic heterocycles. The molecule has 1 aromatic heterocycles. The van der Waals surface area contributed by atoms with Gasteiger partial charge in [-0.3, -0.25) is 0 Å². The topological polar surface area (TPSA) is 61.0 Å². The van der Waals surface area contributed by atoms with E-state index in [1.165, 1.54) is 6.42 Å². The van der Waals surface area contributed by atoms with Gasteiger partial charge in [0.25, 0.3) is 0 Å². The van der Waals surface area contributed by atoms with Gasteiger partial charge < -0.3 is 10.5 Å². The number of aromatic nitrogens is 2. The second kappa shape index (κ2) is 4.01. The number of aryl methyl sites for hydroxylation is 1. The Balaban J connectivity index is 2.45. The Morgan fingerprint density at radius 3 is 2.50 bits per heavy atom. The summed E-state index contributed by atoms with van der Waals surface area (Å²) in [5, 5.41) is 0. The lowest BCUT2D eigenvalue weighted by Crippen LogP contribution is -2.38. The first-order valence-electron chi connectivity index (χ1n) is 5.81. The van der Waals surface area contributed by atoms with Crippen molar-refractivity contribution in [3.63, 3.8) is 0 Å². The van der Waals surface area contributed by atoms with E-state index in [2.05, 4.69) is 16.9 Å². The second-order valence-corrected chi connectivity index (χ2v) is 4.41. The summed E-state index contributed by atoms with van der Waals surface area (Å²) in [5.41, 5.74) is 7.68. The summed E-state index contributed by atoms with van der Waals surface area (Å²) in [6.07, 6.45) is 4.04. The van der Waals surface area contributed by atoms with Crippen molar-refractivity contribution in [3.05, 3.63) is 17.1 Å². The quantitative estimate of drug-likeness (QED) is 0.847. The van der Waals surface area contributed by atoms with E-state index in [0.29, 0.717) is 5.82 Å². The summed E-state index contributed by atoms with van der Waals surface area (Å²) >= 11 is 0. The Morgan fingerprint density at radius 1 is 1.38 bits per heavy atom. The first-order chi connectivity index (χ1) is 7.63. The maximum atomic E-state index is 5.92. The van der Waals surface area contributed by atoms with E-state index in [9.17, 15) is 0 Å². The average molecular weight is 221 g/mol. The normalized spacial score (nSPS) is 18.2. The predicted octanol–water partition coefficient (Wildman–Crippen LogP) is 1.96. The van der Waals surface area contributed by atoms with Crippen molar-refractivity contribution >= 4 is 5.82 Å². The highest BCUT2D eigenvalue weighted by molar-refractivity contribution is 5.42. The van der Waals surface area contributed by atoms with Crippen LogP contribution in [0.3, 0.4) is 0 Å². The van der Waals surface area contributed by atoms with Crippen LogP contribution >= 0.6 is 0 Å². The molecule has 1 aliphatic carbocycles. The van der Waals surface area contributed by atoms with E-state index in [-0.39, 0.29) is 5.60 Å². The lowest BCUT2D eigenvalue weighted by Gasteiger charge is -2.39. The molecule has 0 bridgehead atoms. The molecule has 0 spiro atoms. The van der Waals surface area contributed by atoms with E-state index < -0.39 is 0 Å². The first-order valence-corrected chi connectivity index (χ1v) is 5.81. The molecule has 0 saturated heterocycles. The monoisotopic (exact) mass is 221 g/mol. The zero-order valence-electron chi connectivity index (χ0n) is 10.2. The van der Waals surface area contributed by atoms with E-state index in [4.69, 9.17) is 10.5 Å². The summed E-state index contributed by atoms with van der Waals surface area (Å²) in [6, 6.07) is 0. The van der Waals surface area contributed by atoms with Gasteiger partial charge in [0.05, 0.1) is 0 Å². The van der Waals surface area contributed by atoms with Crippen molar-refractivity contribution in [2.24, 2.45) is 0 Å². The van der Waals surface area contributed by atoms with Gasteiger partial charge in [-0.15, -0.1) is 0 Å².